The van der Waals surface area contributed by atoms with Crippen LogP contribution in [0.1, 0.15) is 98.3 Å². The monoisotopic (exact) mass is 778 g/mol. The van der Waals surface area contributed by atoms with Gasteiger partial charge in [-0.3, -0.25) is 0 Å². The van der Waals surface area contributed by atoms with Gasteiger partial charge in [0, 0.05) is 28.4 Å². The summed E-state index contributed by atoms with van der Waals surface area (Å²) in [6.07, 6.45) is 18.7. The van der Waals surface area contributed by atoms with E-state index in [4.69, 9.17) is 0 Å². The normalized spacial score (nSPS) is 17.2. The average Bonchev–Trinajstić information content (AvgIpc) is 3.32. The zero-order chi connectivity index (χ0) is 39.8. The predicted molar refractivity (Wildman–Crippen MR) is 257 cm³/mol. The van der Waals surface area contributed by atoms with Gasteiger partial charge in [-0.1, -0.05) is 154 Å². The summed E-state index contributed by atoms with van der Waals surface area (Å²) in [6.45, 7) is 0. The van der Waals surface area contributed by atoms with Gasteiger partial charge in [0.2, 0.25) is 0 Å². The van der Waals surface area contributed by atoms with Crippen LogP contribution in [0.2, 0.25) is 0 Å². The van der Waals surface area contributed by atoms with Crippen molar-refractivity contribution in [1.82, 2.24) is 0 Å². The maximum Gasteiger partial charge on any atom is 0.0566 e. The highest BCUT2D eigenvalue weighted by Crippen LogP contribution is 2.50. The second kappa shape index (κ2) is 16.1. The summed E-state index contributed by atoms with van der Waals surface area (Å²) in [7, 11) is 0. The molecule has 0 amide bonds. The van der Waals surface area contributed by atoms with Gasteiger partial charge in [-0.15, -0.1) is 0 Å². The minimum atomic E-state index is 0.212. The molecule has 1 unspecified atom stereocenters. The minimum Gasteiger partial charge on any atom is -0.334 e. The summed E-state index contributed by atoms with van der Waals surface area (Å²) in [6, 6.07) is 62.1. The average molecular weight is 779 g/mol. The lowest BCUT2D eigenvalue weighted by molar-refractivity contribution is 0.445. The van der Waals surface area contributed by atoms with Gasteiger partial charge in [0.05, 0.1) is 6.04 Å². The molecule has 0 aliphatic heterocycles. The van der Waals surface area contributed by atoms with Gasteiger partial charge in [-0.05, 0) is 159 Å². The Morgan fingerprint density at radius 2 is 0.917 bits per heavy atom. The van der Waals surface area contributed by atoms with Crippen molar-refractivity contribution in [3.8, 4) is 0 Å². The fourth-order valence-corrected chi connectivity index (χ4v) is 11.2. The Bertz CT molecular complexity index is 2830. The van der Waals surface area contributed by atoms with E-state index in [1.54, 1.807) is 11.1 Å². The van der Waals surface area contributed by atoms with Crippen molar-refractivity contribution in [2.75, 3.05) is 9.80 Å². The van der Waals surface area contributed by atoms with E-state index in [2.05, 4.69) is 186 Å². The summed E-state index contributed by atoms with van der Waals surface area (Å²) in [5, 5.41) is 8.43. The van der Waals surface area contributed by atoms with Crippen LogP contribution < -0.4 is 9.80 Å². The van der Waals surface area contributed by atoms with E-state index in [0.717, 1.165) is 6.42 Å². The molecule has 8 aromatic rings. The van der Waals surface area contributed by atoms with Crippen molar-refractivity contribution in [2.24, 2.45) is 0 Å². The van der Waals surface area contributed by atoms with E-state index in [-0.39, 0.29) is 6.04 Å². The first-order valence-corrected chi connectivity index (χ1v) is 22.7. The lowest BCUT2D eigenvalue weighted by Gasteiger charge is -2.35. The number of rotatable bonds is 8. The molecule has 0 bridgehead atoms. The van der Waals surface area contributed by atoms with E-state index in [1.165, 1.54) is 136 Å². The first-order chi connectivity index (χ1) is 29.8. The van der Waals surface area contributed by atoms with Crippen LogP contribution in [-0.2, 0) is 6.42 Å². The molecule has 2 fully saturated rings. The summed E-state index contributed by atoms with van der Waals surface area (Å²) < 4.78 is 0. The number of hydrogen-bond donors (Lipinski definition) is 0. The molecule has 2 nitrogen and oxygen atoms in total. The number of fused-ring (bicyclic) bond motifs is 4. The Hall–Kier alpha value is -6.12. The summed E-state index contributed by atoms with van der Waals surface area (Å²) in [4.78, 5) is 5.11. The molecule has 2 saturated carbocycles. The predicted octanol–water partition coefficient (Wildman–Crippen LogP) is 16.5. The Labute approximate surface area is 355 Å². The number of para-hydroxylation sites is 2. The number of anilines is 5. The fourth-order valence-electron chi connectivity index (χ4n) is 11.2. The van der Waals surface area contributed by atoms with E-state index < -0.39 is 0 Å². The van der Waals surface area contributed by atoms with E-state index in [9.17, 15) is 0 Å². The molecule has 2 heteroatoms. The van der Waals surface area contributed by atoms with Gasteiger partial charge in [0.25, 0.3) is 0 Å². The third kappa shape index (κ3) is 6.86. The zero-order valence-corrected chi connectivity index (χ0v) is 34.6. The number of benzene rings is 8. The molecule has 1 atom stereocenters. The highest BCUT2D eigenvalue weighted by molar-refractivity contribution is 6.09. The topological polar surface area (TPSA) is 6.48 Å². The van der Waals surface area contributed by atoms with Crippen LogP contribution in [0, 0.1) is 0 Å². The van der Waals surface area contributed by atoms with Gasteiger partial charge < -0.3 is 9.80 Å². The van der Waals surface area contributed by atoms with Crippen molar-refractivity contribution in [1.29, 1.82) is 0 Å². The SMILES string of the molecule is C1=CC(N(c2ccccc2)c2ccc3c(C4CCCCC4)c4ccc(N(c5ccccc5)c5ccc6ccccc6c5)cc4c(C4CCCCC4)c3c2)Cc2ccccc21. The van der Waals surface area contributed by atoms with Crippen molar-refractivity contribution in [3.05, 3.63) is 192 Å². The molecule has 0 heterocycles. The van der Waals surface area contributed by atoms with Crippen LogP contribution in [0.15, 0.2) is 170 Å². The van der Waals surface area contributed by atoms with Crippen molar-refractivity contribution in [2.45, 2.75) is 88.5 Å². The summed E-state index contributed by atoms with van der Waals surface area (Å²) >= 11 is 0. The first kappa shape index (κ1) is 36.9. The summed E-state index contributed by atoms with van der Waals surface area (Å²) in [5.74, 6) is 1.08. The first-order valence-electron chi connectivity index (χ1n) is 22.7. The maximum atomic E-state index is 2.62. The van der Waals surface area contributed by atoms with Crippen LogP contribution in [0.25, 0.3) is 38.4 Å². The molecular weight excluding hydrogens is 725 g/mol. The van der Waals surface area contributed by atoms with Crippen molar-refractivity contribution < 1.29 is 0 Å². The van der Waals surface area contributed by atoms with E-state index >= 15 is 0 Å². The fraction of sp³-hybridized carbons (Fsp3) is 0.241. The molecule has 296 valence electrons. The maximum absolute atomic E-state index is 2.62. The number of hydrogen-bond acceptors (Lipinski definition) is 2. The van der Waals surface area contributed by atoms with Crippen molar-refractivity contribution in [3.63, 3.8) is 0 Å². The van der Waals surface area contributed by atoms with Gasteiger partial charge in [-0.25, -0.2) is 0 Å². The highest BCUT2D eigenvalue weighted by atomic mass is 15.2. The van der Waals surface area contributed by atoms with Crippen LogP contribution in [-0.4, -0.2) is 6.04 Å². The molecule has 3 aliphatic carbocycles. The van der Waals surface area contributed by atoms with Crippen LogP contribution >= 0.6 is 0 Å². The minimum absolute atomic E-state index is 0.212. The molecule has 60 heavy (non-hydrogen) atoms. The van der Waals surface area contributed by atoms with Crippen LogP contribution in [0.5, 0.6) is 0 Å². The molecule has 0 spiro atoms. The second-order valence-corrected chi connectivity index (χ2v) is 17.7. The van der Waals surface area contributed by atoms with Crippen LogP contribution in [0.3, 0.4) is 0 Å². The molecule has 0 N–H and O–H groups in total. The molecular formula is C58H54N2. The van der Waals surface area contributed by atoms with E-state index in [1.807, 2.05) is 0 Å². The van der Waals surface area contributed by atoms with Gasteiger partial charge in [-0.2, -0.15) is 0 Å². The highest BCUT2D eigenvalue weighted by Gasteiger charge is 2.29. The third-order valence-electron chi connectivity index (χ3n) is 14.1. The second-order valence-electron chi connectivity index (χ2n) is 17.7. The van der Waals surface area contributed by atoms with Gasteiger partial charge in [0.15, 0.2) is 0 Å². The Morgan fingerprint density at radius 3 is 1.62 bits per heavy atom. The van der Waals surface area contributed by atoms with Gasteiger partial charge >= 0.3 is 0 Å². The molecule has 0 aromatic heterocycles. The van der Waals surface area contributed by atoms with Gasteiger partial charge in [0.1, 0.15) is 0 Å². The molecule has 0 radical (unpaired) electrons. The zero-order valence-electron chi connectivity index (χ0n) is 34.6. The standard InChI is InChI=1S/C58H54N2/c1-5-19-43(20-6-1)57-53-35-33-51(59(47-25-9-3-10-26-47)49-31-29-41-17-13-15-23-45(41)37-49)39-55(53)58(44-21-7-2-8-22-44)56-40-52(34-36-54(56)57)60(48-27-11-4-12-28-48)50-32-30-42-18-14-16-24-46(42)38-50/h3-4,9-18,23-37,39-40,43-44,50H,1-2,5-8,19-22,38H2. The molecule has 8 aromatic carbocycles. The molecule has 3 aliphatic rings. The lowest BCUT2D eigenvalue weighted by atomic mass is 9.74. The quantitative estimate of drug-likeness (QED) is 0.142. The van der Waals surface area contributed by atoms with E-state index in [0.29, 0.717) is 11.8 Å². The summed E-state index contributed by atoms with van der Waals surface area (Å²) in [5.41, 5.74) is 12.1. The Morgan fingerprint density at radius 1 is 0.383 bits per heavy atom. The smallest absolute Gasteiger partial charge is 0.0566 e. The Balaban J connectivity index is 1.16. The molecule has 0 saturated heterocycles. The van der Waals surface area contributed by atoms with Crippen LogP contribution in [0.4, 0.5) is 28.4 Å². The lowest BCUT2D eigenvalue weighted by Crippen LogP contribution is -2.32. The molecule has 11 rings (SSSR count). The number of nitrogens with zero attached hydrogens (tertiary/aromatic N) is 2. The Kier molecular flexibility index (Phi) is 9.94. The van der Waals surface area contributed by atoms with Crippen molar-refractivity contribution >= 4 is 66.8 Å². The third-order valence-corrected chi connectivity index (χ3v) is 14.1. The largest absolute Gasteiger partial charge is 0.334 e.